The number of sulfonamides is 1. The normalized spacial score (nSPS) is 13.5. The Morgan fingerprint density at radius 1 is 1.37 bits per heavy atom. The first-order valence-electron chi connectivity index (χ1n) is 5.36. The lowest BCUT2D eigenvalue weighted by atomic mass is 10.2. The van der Waals surface area contributed by atoms with Gasteiger partial charge >= 0.3 is 0 Å². The Kier molecular flexibility index (Phi) is 5.58. The molecular weight excluding hydrogens is 327 g/mol. The molecular formula is C11H14Cl2N2O2S2. The number of nitrogens with zero attached hydrogens (tertiary/aromatic N) is 1. The van der Waals surface area contributed by atoms with Crippen LogP contribution in [0.15, 0.2) is 23.1 Å². The molecule has 8 heteroatoms. The molecule has 19 heavy (non-hydrogen) atoms. The minimum Gasteiger partial charge on any atom is -0.393 e. The zero-order valence-corrected chi connectivity index (χ0v) is 13.6. The van der Waals surface area contributed by atoms with Crippen LogP contribution < -0.4 is 5.73 Å². The lowest BCUT2D eigenvalue weighted by molar-refractivity contribution is 0.445. The molecule has 1 aromatic carbocycles. The Hall–Kier alpha value is -0.400. The average Bonchev–Trinajstić information content (AvgIpc) is 2.27. The maximum absolute atomic E-state index is 12.3. The van der Waals surface area contributed by atoms with E-state index in [0.29, 0.717) is 0 Å². The Morgan fingerprint density at radius 3 is 2.26 bits per heavy atom. The number of benzene rings is 1. The fourth-order valence-corrected chi connectivity index (χ4v) is 3.49. The summed E-state index contributed by atoms with van der Waals surface area (Å²) in [7, 11) is -2.21. The van der Waals surface area contributed by atoms with Crippen LogP contribution in [0.5, 0.6) is 0 Å². The van der Waals surface area contributed by atoms with Crippen molar-refractivity contribution in [2.75, 3.05) is 13.6 Å². The van der Waals surface area contributed by atoms with Crippen LogP contribution in [0, 0.1) is 5.92 Å². The van der Waals surface area contributed by atoms with Crippen LogP contribution in [0.2, 0.25) is 10.0 Å². The topological polar surface area (TPSA) is 63.4 Å². The number of rotatable bonds is 5. The molecule has 2 N–H and O–H groups in total. The van der Waals surface area contributed by atoms with Gasteiger partial charge in [-0.05, 0) is 18.2 Å². The highest BCUT2D eigenvalue weighted by Gasteiger charge is 2.23. The van der Waals surface area contributed by atoms with E-state index >= 15 is 0 Å². The van der Waals surface area contributed by atoms with Gasteiger partial charge in [0, 0.05) is 29.6 Å². The van der Waals surface area contributed by atoms with Gasteiger partial charge in [0.15, 0.2) is 0 Å². The Morgan fingerprint density at radius 2 is 1.84 bits per heavy atom. The second-order valence-corrected chi connectivity index (χ2v) is 7.58. The summed E-state index contributed by atoms with van der Waals surface area (Å²) >= 11 is 16.4. The fraction of sp³-hybridized carbons (Fsp3) is 0.364. The first-order valence-corrected chi connectivity index (χ1v) is 7.96. The summed E-state index contributed by atoms with van der Waals surface area (Å²) in [6.45, 7) is 1.96. The number of hydrogen-bond acceptors (Lipinski definition) is 3. The van der Waals surface area contributed by atoms with Crippen molar-refractivity contribution in [1.82, 2.24) is 4.31 Å². The third-order valence-corrected chi connectivity index (χ3v) is 5.20. The summed E-state index contributed by atoms with van der Waals surface area (Å²) < 4.78 is 25.8. The molecule has 0 aliphatic heterocycles. The molecule has 0 heterocycles. The van der Waals surface area contributed by atoms with E-state index in [0.717, 1.165) is 0 Å². The number of hydrogen-bond donors (Lipinski definition) is 1. The van der Waals surface area contributed by atoms with E-state index < -0.39 is 10.0 Å². The average molecular weight is 341 g/mol. The summed E-state index contributed by atoms with van der Waals surface area (Å²) in [6.07, 6.45) is 0. The zero-order valence-electron chi connectivity index (χ0n) is 10.4. The molecule has 0 radical (unpaired) electrons. The number of nitrogens with two attached hydrogens (primary N) is 1. The van der Waals surface area contributed by atoms with Crippen molar-refractivity contribution in [3.63, 3.8) is 0 Å². The van der Waals surface area contributed by atoms with E-state index in [4.69, 9.17) is 41.2 Å². The molecule has 0 aliphatic rings. The largest absolute Gasteiger partial charge is 0.393 e. The van der Waals surface area contributed by atoms with Gasteiger partial charge in [-0.25, -0.2) is 12.7 Å². The highest BCUT2D eigenvalue weighted by molar-refractivity contribution is 7.89. The van der Waals surface area contributed by atoms with Crippen LogP contribution in [0.1, 0.15) is 6.92 Å². The highest BCUT2D eigenvalue weighted by Crippen LogP contribution is 2.24. The predicted octanol–water partition coefficient (Wildman–Crippen LogP) is 2.54. The summed E-state index contributed by atoms with van der Waals surface area (Å²) in [5, 5.41) is 0.531. The SMILES string of the molecule is CC(CN(C)S(=O)(=O)c1cc(Cl)cc(Cl)c1)C(N)=S. The molecule has 0 aromatic heterocycles. The second-order valence-electron chi connectivity index (χ2n) is 4.19. The number of thiocarbonyl (C=S) groups is 1. The molecule has 0 bridgehead atoms. The molecule has 1 aromatic rings. The van der Waals surface area contributed by atoms with Gasteiger partial charge in [-0.2, -0.15) is 0 Å². The summed E-state index contributed by atoms with van der Waals surface area (Å²) in [4.78, 5) is 0.314. The van der Waals surface area contributed by atoms with Gasteiger partial charge < -0.3 is 5.73 Å². The quantitative estimate of drug-likeness (QED) is 0.836. The molecule has 0 saturated heterocycles. The minimum absolute atomic E-state index is 0.0441. The first kappa shape index (κ1) is 16.7. The van der Waals surface area contributed by atoms with E-state index in [1.807, 2.05) is 0 Å². The van der Waals surface area contributed by atoms with Gasteiger partial charge in [-0.1, -0.05) is 42.3 Å². The van der Waals surface area contributed by atoms with Crippen LogP contribution in [0.25, 0.3) is 0 Å². The van der Waals surface area contributed by atoms with Crippen LogP contribution in [0.3, 0.4) is 0 Å². The van der Waals surface area contributed by atoms with Crippen molar-refractivity contribution in [1.29, 1.82) is 0 Å². The smallest absolute Gasteiger partial charge is 0.242 e. The van der Waals surface area contributed by atoms with E-state index in [1.54, 1.807) is 6.92 Å². The third-order valence-electron chi connectivity index (χ3n) is 2.56. The monoisotopic (exact) mass is 340 g/mol. The van der Waals surface area contributed by atoms with Gasteiger partial charge in [-0.15, -0.1) is 0 Å². The van der Waals surface area contributed by atoms with Crippen molar-refractivity contribution in [2.24, 2.45) is 11.7 Å². The van der Waals surface area contributed by atoms with Gasteiger partial charge in [0.05, 0.1) is 9.88 Å². The minimum atomic E-state index is -3.66. The maximum Gasteiger partial charge on any atom is 0.242 e. The first-order chi connectivity index (χ1) is 8.64. The molecule has 0 amide bonds. The van der Waals surface area contributed by atoms with E-state index in [-0.39, 0.29) is 32.4 Å². The lowest BCUT2D eigenvalue weighted by Gasteiger charge is -2.20. The van der Waals surface area contributed by atoms with E-state index in [2.05, 4.69) is 0 Å². The Labute approximate surface area is 128 Å². The van der Waals surface area contributed by atoms with E-state index in [1.165, 1.54) is 29.6 Å². The maximum atomic E-state index is 12.3. The molecule has 0 fully saturated rings. The summed E-state index contributed by atoms with van der Waals surface area (Å²) in [6, 6.07) is 4.18. The molecule has 0 aliphatic carbocycles. The molecule has 1 rings (SSSR count). The standard InChI is InChI=1S/C11H14Cl2N2O2S2/c1-7(11(14)18)6-15(2)19(16,17)10-4-8(12)3-9(13)5-10/h3-5,7H,6H2,1-2H3,(H2,14,18). The second kappa shape index (κ2) is 6.37. The van der Waals surface area contributed by atoms with Crippen LogP contribution >= 0.6 is 35.4 Å². The Bertz CT molecular complexity index is 570. The lowest BCUT2D eigenvalue weighted by Crippen LogP contribution is -2.35. The van der Waals surface area contributed by atoms with Gasteiger partial charge in [0.25, 0.3) is 0 Å². The molecule has 0 spiro atoms. The zero-order chi connectivity index (χ0) is 14.8. The summed E-state index contributed by atoms with van der Waals surface area (Å²) in [5.41, 5.74) is 5.48. The Balaban J connectivity index is 3.06. The molecule has 4 nitrogen and oxygen atoms in total. The summed E-state index contributed by atoms with van der Waals surface area (Å²) in [5.74, 6) is -0.218. The fourth-order valence-electron chi connectivity index (χ4n) is 1.43. The third kappa shape index (κ3) is 4.29. The van der Waals surface area contributed by atoms with Crippen LogP contribution in [-0.2, 0) is 10.0 Å². The van der Waals surface area contributed by atoms with Gasteiger partial charge in [0.1, 0.15) is 0 Å². The van der Waals surface area contributed by atoms with Crippen molar-refractivity contribution in [3.8, 4) is 0 Å². The van der Waals surface area contributed by atoms with Crippen LogP contribution in [0.4, 0.5) is 0 Å². The predicted molar refractivity (Wildman–Crippen MR) is 82.2 cm³/mol. The number of halogens is 2. The van der Waals surface area contributed by atoms with Crippen molar-refractivity contribution in [2.45, 2.75) is 11.8 Å². The van der Waals surface area contributed by atoms with Crippen molar-refractivity contribution < 1.29 is 8.42 Å². The highest BCUT2D eigenvalue weighted by atomic mass is 35.5. The van der Waals surface area contributed by atoms with Gasteiger partial charge in [-0.3, -0.25) is 0 Å². The van der Waals surface area contributed by atoms with Gasteiger partial charge in [0.2, 0.25) is 10.0 Å². The molecule has 1 unspecified atom stereocenters. The molecule has 0 saturated carbocycles. The molecule has 106 valence electrons. The van der Waals surface area contributed by atoms with Crippen molar-refractivity contribution >= 4 is 50.4 Å². The molecule has 1 atom stereocenters. The van der Waals surface area contributed by atoms with Crippen LogP contribution in [-0.4, -0.2) is 31.3 Å². The van der Waals surface area contributed by atoms with Crippen molar-refractivity contribution in [3.05, 3.63) is 28.2 Å². The van der Waals surface area contributed by atoms with E-state index in [9.17, 15) is 8.42 Å².